The van der Waals surface area contributed by atoms with Gasteiger partial charge in [0.25, 0.3) is 5.91 Å². The molecule has 4 aromatic rings. The Morgan fingerprint density at radius 1 is 1.22 bits per heavy atom. The zero-order chi connectivity index (χ0) is 22.4. The third kappa shape index (κ3) is 3.49. The zero-order valence-electron chi connectivity index (χ0n) is 18.7. The number of likely N-dealkylation sites (N-methyl/N-ethyl adjacent to an activating group) is 1. The molecule has 8 heteroatoms. The molecule has 3 aromatic heterocycles. The molecule has 32 heavy (non-hydrogen) atoms. The Hall–Kier alpha value is -3.10. The van der Waals surface area contributed by atoms with Crippen LogP contribution in [0.25, 0.3) is 32.0 Å². The molecular formula is C24H26N6OS. The van der Waals surface area contributed by atoms with Crippen molar-refractivity contribution in [2.45, 2.75) is 26.3 Å². The van der Waals surface area contributed by atoms with Crippen LogP contribution in [0.2, 0.25) is 0 Å². The molecule has 1 N–H and O–H groups in total. The Morgan fingerprint density at radius 3 is 2.75 bits per heavy atom. The van der Waals surface area contributed by atoms with Crippen LogP contribution in [0.1, 0.15) is 28.0 Å². The summed E-state index contributed by atoms with van der Waals surface area (Å²) in [5.74, 6) is -0.0209. The number of hydrogen-bond donors (Lipinski definition) is 1. The highest BCUT2D eigenvalue weighted by atomic mass is 32.1. The molecular weight excluding hydrogens is 420 g/mol. The molecule has 1 unspecified atom stereocenters. The number of aryl methyl sites for hydroxylation is 2. The molecule has 1 aliphatic heterocycles. The fraction of sp³-hybridized carbons (Fsp3) is 0.333. The molecule has 1 saturated heterocycles. The van der Waals surface area contributed by atoms with E-state index in [0.29, 0.717) is 11.7 Å². The topological polar surface area (TPSA) is 78.0 Å². The maximum atomic E-state index is 13.6. The van der Waals surface area contributed by atoms with E-state index in [1.807, 2.05) is 17.0 Å². The first-order valence-electron chi connectivity index (χ1n) is 10.8. The maximum absolute atomic E-state index is 13.6. The van der Waals surface area contributed by atoms with Gasteiger partial charge in [0.2, 0.25) is 0 Å². The van der Waals surface area contributed by atoms with Gasteiger partial charge in [0.1, 0.15) is 16.4 Å². The Morgan fingerprint density at radius 2 is 2.03 bits per heavy atom. The standard InChI is InChI=1S/C24H26N6OS/c1-14-7-8-15(2)19-18(14)20(28-27-19)23-26-21(22(32-23)16-6-5-10-25-12-16)24(31)30-11-9-17(13-30)29(3)4/h5-8,10,12,17H,9,11,13H2,1-4H3,(H,27,28). The van der Waals surface area contributed by atoms with Gasteiger partial charge in [-0.1, -0.05) is 18.2 Å². The van der Waals surface area contributed by atoms with Crippen molar-refractivity contribution >= 4 is 28.1 Å². The number of pyridine rings is 1. The van der Waals surface area contributed by atoms with Crippen LogP contribution in [-0.2, 0) is 0 Å². The first-order valence-corrected chi connectivity index (χ1v) is 11.6. The largest absolute Gasteiger partial charge is 0.336 e. The molecule has 0 saturated carbocycles. The van der Waals surface area contributed by atoms with Gasteiger partial charge in [-0.2, -0.15) is 5.10 Å². The van der Waals surface area contributed by atoms with Crippen molar-refractivity contribution in [3.8, 4) is 21.1 Å². The monoisotopic (exact) mass is 446 g/mol. The number of H-pyrrole nitrogens is 1. The summed E-state index contributed by atoms with van der Waals surface area (Å²) >= 11 is 1.51. The second kappa shape index (κ2) is 8.11. The summed E-state index contributed by atoms with van der Waals surface area (Å²) in [6.45, 7) is 5.59. The highest BCUT2D eigenvalue weighted by molar-refractivity contribution is 7.18. The van der Waals surface area contributed by atoms with E-state index in [-0.39, 0.29) is 5.91 Å². The molecule has 0 bridgehead atoms. The second-order valence-corrected chi connectivity index (χ2v) is 9.62. The normalized spacial score (nSPS) is 16.4. The lowest BCUT2D eigenvalue weighted by atomic mass is 10.1. The first-order chi connectivity index (χ1) is 15.4. The molecule has 1 aromatic carbocycles. The summed E-state index contributed by atoms with van der Waals surface area (Å²) < 4.78 is 0. The molecule has 1 fully saturated rings. The number of aromatic amines is 1. The number of nitrogens with zero attached hydrogens (tertiary/aromatic N) is 5. The van der Waals surface area contributed by atoms with Gasteiger partial charge < -0.3 is 9.80 Å². The van der Waals surface area contributed by atoms with Crippen LogP contribution in [0.5, 0.6) is 0 Å². The van der Waals surface area contributed by atoms with E-state index in [4.69, 9.17) is 4.98 Å². The van der Waals surface area contributed by atoms with Crippen molar-refractivity contribution in [3.63, 3.8) is 0 Å². The summed E-state index contributed by atoms with van der Waals surface area (Å²) in [5, 5.41) is 9.56. The Kier molecular flexibility index (Phi) is 5.27. The SMILES string of the molecule is Cc1ccc(C)c2c(-c3nc(C(=O)N4CCC(N(C)C)C4)c(-c4cccnc4)s3)[nH]nc12. The number of aromatic nitrogens is 4. The second-order valence-electron chi connectivity index (χ2n) is 8.62. The van der Waals surface area contributed by atoms with Crippen LogP contribution >= 0.6 is 11.3 Å². The van der Waals surface area contributed by atoms with Gasteiger partial charge in [-0.15, -0.1) is 11.3 Å². The van der Waals surface area contributed by atoms with Gasteiger partial charge in [-0.3, -0.25) is 14.9 Å². The maximum Gasteiger partial charge on any atom is 0.274 e. The van der Waals surface area contributed by atoms with Crippen molar-refractivity contribution in [3.05, 3.63) is 53.5 Å². The fourth-order valence-corrected chi connectivity index (χ4v) is 5.39. The van der Waals surface area contributed by atoms with E-state index in [0.717, 1.165) is 62.7 Å². The number of benzene rings is 1. The fourth-order valence-electron chi connectivity index (χ4n) is 4.34. The molecule has 164 valence electrons. The number of carbonyl (C=O) groups excluding carboxylic acids is 1. The molecule has 1 atom stereocenters. The molecule has 0 spiro atoms. The van der Waals surface area contributed by atoms with Gasteiger partial charge in [0.05, 0.1) is 10.4 Å². The van der Waals surface area contributed by atoms with Crippen molar-refractivity contribution in [1.82, 2.24) is 30.0 Å². The van der Waals surface area contributed by atoms with Gasteiger partial charge in [-0.25, -0.2) is 4.98 Å². The first kappa shape index (κ1) is 20.8. The molecule has 5 rings (SSSR count). The number of thiazole rings is 1. The van der Waals surface area contributed by atoms with E-state index >= 15 is 0 Å². The van der Waals surface area contributed by atoms with Crippen molar-refractivity contribution < 1.29 is 4.79 Å². The summed E-state index contributed by atoms with van der Waals surface area (Å²) in [6, 6.07) is 8.42. The average Bonchev–Trinajstić information content (AvgIpc) is 3.54. The summed E-state index contributed by atoms with van der Waals surface area (Å²) in [4.78, 5) is 27.7. The third-order valence-corrected chi connectivity index (χ3v) is 7.39. The van der Waals surface area contributed by atoms with Crippen LogP contribution in [0, 0.1) is 13.8 Å². The quantitative estimate of drug-likeness (QED) is 0.510. The lowest BCUT2D eigenvalue weighted by Crippen LogP contribution is -2.34. The van der Waals surface area contributed by atoms with Crippen LogP contribution in [0.3, 0.4) is 0 Å². The third-order valence-electron chi connectivity index (χ3n) is 6.27. The van der Waals surface area contributed by atoms with Gasteiger partial charge in [-0.05, 0) is 51.6 Å². The predicted molar refractivity (Wildman–Crippen MR) is 128 cm³/mol. The van der Waals surface area contributed by atoms with E-state index in [2.05, 4.69) is 60.2 Å². The molecule has 4 heterocycles. The summed E-state index contributed by atoms with van der Waals surface area (Å²) in [5.41, 5.74) is 5.45. The lowest BCUT2D eigenvalue weighted by molar-refractivity contribution is 0.0779. The average molecular weight is 447 g/mol. The molecule has 7 nitrogen and oxygen atoms in total. The van der Waals surface area contributed by atoms with Crippen LogP contribution in [0.15, 0.2) is 36.7 Å². The molecule has 1 amide bonds. The summed E-state index contributed by atoms with van der Waals surface area (Å²) in [7, 11) is 4.13. The number of carbonyl (C=O) groups is 1. The highest BCUT2D eigenvalue weighted by Crippen LogP contribution is 2.39. The number of hydrogen-bond acceptors (Lipinski definition) is 6. The number of nitrogens with one attached hydrogen (secondary N) is 1. The molecule has 0 aliphatic carbocycles. The van der Waals surface area contributed by atoms with Gasteiger partial charge in [0, 0.05) is 42.5 Å². The zero-order valence-corrected chi connectivity index (χ0v) is 19.5. The van der Waals surface area contributed by atoms with Crippen LogP contribution in [0.4, 0.5) is 0 Å². The summed E-state index contributed by atoms with van der Waals surface area (Å²) in [6.07, 6.45) is 4.51. The van der Waals surface area contributed by atoms with Crippen molar-refractivity contribution in [2.24, 2.45) is 0 Å². The Balaban J connectivity index is 1.62. The van der Waals surface area contributed by atoms with Crippen LogP contribution < -0.4 is 0 Å². The lowest BCUT2D eigenvalue weighted by Gasteiger charge is -2.20. The predicted octanol–water partition coefficient (Wildman–Crippen LogP) is 4.14. The number of fused-ring (bicyclic) bond motifs is 1. The molecule has 0 radical (unpaired) electrons. The Labute approximate surface area is 191 Å². The number of rotatable bonds is 4. The molecule has 1 aliphatic rings. The van der Waals surface area contributed by atoms with Crippen LogP contribution in [-0.4, -0.2) is 69.1 Å². The Bertz CT molecular complexity index is 1290. The van der Waals surface area contributed by atoms with E-state index in [1.165, 1.54) is 11.3 Å². The van der Waals surface area contributed by atoms with Crippen molar-refractivity contribution in [1.29, 1.82) is 0 Å². The smallest absolute Gasteiger partial charge is 0.274 e. The van der Waals surface area contributed by atoms with Gasteiger partial charge >= 0.3 is 0 Å². The van der Waals surface area contributed by atoms with E-state index < -0.39 is 0 Å². The number of amides is 1. The van der Waals surface area contributed by atoms with Crippen molar-refractivity contribution in [2.75, 3.05) is 27.2 Å². The van der Waals surface area contributed by atoms with Gasteiger partial charge in [0.15, 0.2) is 0 Å². The van der Waals surface area contributed by atoms with E-state index in [1.54, 1.807) is 12.4 Å². The van der Waals surface area contributed by atoms with E-state index in [9.17, 15) is 4.79 Å². The highest BCUT2D eigenvalue weighted by Gasteiger charge is 2.32. The minimum atomic E-state index is -0.0209. The minimum Gasteiger partial charge on any atom is -0.336 e. The number of likely N-dealkylation sites (tertiary alicyclic amines) is 1. The minimum absolute atomic E-state index is 0.0209.